The van der Waals surface area contributed by atoms with Crippen LogP contribution in [0.25, 0.3) is 11.0 Å². The number of guanidine groups is 1. The van der Waals surface area contributed by atoms with Crippen molar-refractivity contribution in [1.82, 2.24) is 20.2 Å². The minimum atomic E-state index is 0. The van der Waals surface area contributed by atoms with E-state index in [1.165, 1.54) is 0 Å². The lowest BCUT2D eigenvalue weighted by atomic mass is 10.1. The van der Waals surface area contributed by atoms with Gasteiger partial charge in [-0.2, -0.15) is 0 Å². The lowest BCUT2D eigenvalue weighted by molar-refractivity contribution is 0.772. The van der Waals surface area contributed by atoms with Crippen LogP contribution in [0, 0.1) is 0 Å². The fourth-order valence-corrected chi connectivity index (χ4v) is 3.08. The topological polar surface area (TPSA) is 54.2 Å². The Kier molecular flexibility index (Phi) is 8.37. The van der Waals surface area contributed by atoms with Crippen LogP contribution in [0.4, 0.5) is 0 Å². The minimum absolute atomic E-state index is 0. The zero-order valence-electron chi connectivity index (χ0n) is 15.6. The van der Waals surface area contributed by atoms with Gasteiger partial charge in [0, 0.05) is 25.2 Å². The van der Waals surface area contributed by atoms with Gasteiger partial charge in [-0.15, -0.1) is 24.0 Å². The molecule has 0 aliphatic carbocycles. The van der Waals surface area contributed by atoms with Crippen molar-refractivity contribution in [2.75, 3.05) is 13.1 Å². The summed E-state index contributed by atoms with van der Waals surface area (Å²) >= 11 is 6.21. The van der Waals surface area contributed by atoms with Gasteiger partial charge >= 0.3 is 0 Å². The Morgan fingerprint density at radius 3 is 2.59 bits per heavy atom. The molecule has 3 aromatic rings. The highest BCUT2D eigenvalue weighted by Gasteiger charge is 2.07. The van der Waals surface area contributed by atoms with E-state index in [4.69, 9.17) is 11.6 Å². The fraction of sp³-hybridized carbons (Fsp3) is 0.300. The number of aromatic nitrogens is 2. The van der Waals surface area contributed by atoms with Crippen LogP contribution in [-0.2, 0) is 20.0 Å². The van der Waals surface area contributed by atoms with Crippen molar-refractivity contribution >= 4 is 52.6 Å². The molecular formula is C20H25ClIN5. The highest BCUT2D eigenvalue weighted by atomic mass is 127. The highest BCUT2D eigenvalue weighted by molar-refractivity contribution is 14.0. The number of halogens is 2. The number of nitrogens with one attached hydrogen (secondary N) is 2. The molecule has 0 radical (unpaired) electrons. The lowest BCUT2D eigenvalue weighted by Crippen LogP contribution is -2.38. The first-order chi connectivity index (χ1) is 12.7. The van der Waals surface area contributed by atoms with Crippen LogP contribution in [0.3, 0.4) is 0 Å². The summed E-state index contributed by atoms with van der Waals surface area (Å²) in [5, 5.41) is 7.44. The second-order valence-corrected chi connectivity index (χ2v) is 6.45. The van der Waals surface area contributed by atoms with Gasteiger partial charge in [-0.3, -0.25) is 0 Å². The maximum Gasteiger partial charge on any atom is 0.191 e. The number of fused-ring (bicyclic) bond motifs is 1. The summed E-state index contributed by atoms with van der Waals surface area (Å²) in [7, 11) is 2.03. The number of aliphatic imine (C=N–C) groups is 1. The smallest absolute Gasteiger partial charge is 0.191 e. The van der Waals surface area contributed by atoms with Gasteiger partial charge in [0.25, 0.3) is 0 Å². The summed E-state index contributed by atoms with van der Waals surface area (Å²) in [6, 6.07) is 16.0. The van der Waals surface area contributed by atoms with Crippen LogP contribution in [0.5, 0.6) is 0 Å². The molecule has 1 aromatic heterocycles. The third kappa shape index (κ3) is 5.59. The molecule has 1 heterocycles. The number of hydrogen-bond acceptors (Lipinski definition) is 2. The predicted octanol–water partition coefficient (Wildman–Crippen LogP) is 4.14. The largest absolute Gasteiger partial charge is 0.357 e. The lowest BCUT2D eigenvalue weighted by Gasteiger charge is -2.12. The van der Waals surface area contributed by atoms with Crippen molar-refractivity contribution < 1.29 is 0 Å². The van der Waals surface area contributed by atoms with Crippen molar-refractivity contribution in [3.63, 3.8) is 0 Å². The number of rotatable bonds is 6. The SMILES string of the molecule is CCNC(=NCc1nc2ccccc2n1C)NCCc1ccccc1Cl.I. The fourth-order valence-electron chi connectivity index (χ4n) is 2.85. The minimum Gasteiger partial charge on any atom is -0.357 e. The number of benzene rings is 2. The van der Waals surface area contributed by atoms with Gasteiger partial charge in [0.2, 0.25) is 0 Å². The van der Waals surface area contributed by atoms with Gasteiger partial charge in [-0.1, -0.05) is 41.9 Å². The third-order valence-corrected chi connectivity index (χ3v) is 4.62. The molecule has 0 saturated carbocycles. The molecule has 3 rings (SSSR count). The van der Waals surface area contributed by atoms with Crippen LogP contribution in [0.2, 0.25) is 5.02 Å². The zero-order valence-corrected chi connectivity index (χ0v) is 18.7. The molecule has 0 amide bonds. The van der Waals surface area contributed by atoms with Crippen LogP contribution >= 0.6 is 35.6 Å². The van der Waals surface area contributed by atoms with Crippen molar-refractivity contribution in [2.45, 2.75) is 19.9 Å². The van der Waals surface area contributed by atoms with Gasteiger partial charge < -0.3 is 15.2 Å². The van der Waals surface area contributed by atoms with Crippen LogP contribution in [0.1, 0.15) is 18.3 Å². The van der Waals surface area contributed by atoms with Gasteiger partial charge in [-0.25, -0.2) is 9.98 Å². The number of aryl methyl sites for hydroxylation is 1. The van der Waals surface area contributed by atoms with E-state index in [1.807, 2.05) is 49.5 Å². The molecule has 5 nitrogen and oxygen atoms in total. The van der Waals surface area contributed by atoms with E-state index < -0.39 is 0 Å². The monoisotopic (exact) mass is 497 g/mol. The second-order valence-electron chi connectivity index (χ2n) is 6.04. The normalized spacial score (nSPS) is 11.3. The molecule has 0 aliphatic rings. The van der Waals surface area contributed by atoms with E-state index in [2.05, 4.69) is 38.2 Å². The van der Waals surface area contributed by atoms with Crippen LogP contribution < -0.4 is 10.6 Å². The Morgan fingerprint density at radius 1 is 1.11 bits per heavy atom. The van der Waals surface area contributed by atoms with Gasteiger partial charge in [-0.05, 0) is 37.1 Å². The Bertz CT molecular complexity index is 906. The van der Waals surface area contributed by atoms with Gasteiger partial charge in [0.1, 0.15) is 12.4 Å². The molecule has 144 valence electrons. The molecule has 0 aliphatic heterocycles. The van der Waals surface area contributed by atoms with Crippen molar-refractivity contribution in [2.24, 2.45) is 12.0 Å². The molecular weight excluding hydrogens is 473 g/mol. The van der Waals surface area contributed by atoms with E-state index in [9.17, 15) is 0 Å². The Labute approximate surface area is 182 Å². The predicted molar refractivity (Wildman–Crippen MR) is 124 cm³/mol. The summed E-state index contributed by atoms with van der Waals surface area (Å²) in [6.07, 6.45) is 0.844. The summed E-state index contributed by atoms with van der Waals surface area (Å²) in [4.78, 5) is 9.34. The summed E-state index contributed by atoms with van der Waals surface area (Å²) in [6.45, 7) is 4.14. The van der Waals surface area contributed by atoms with E-state index in [1.54, 1.807) is 0 Å². The van der Waals surface area contributed by atoms with Crippen molar-refractivity contribution in [3.8, 4) is 0 Å². The first-order valence-corrected chi connectivity index (χ1v) is 9.22. The highest BCUT2D eigenvalue weighted by Crippen LogP contribution is 2.15. The molecule has 27 heavy (non-hydrogen) atoms. The van der Waals surface area contributed by atoms with Crippen LogP contribution in [-0.4, -0.2) is 28.6 Å². The van der Waals surface area contributed by atoms with Crippen molar-refractivity contribution in [1.29, 1.82) is 0 Å². The van der Waals surface area contributed by atoms with Gasteiger partial charge in [0.05, 0.1) is 11.0 Å². The molecule has 2 aromatic carbocycles. The number of hydrogen-bond donors (Lipinski definition) is 2. The van der Waals surface area contributed by atoms with E-state index in [0.717, 1.165) is 52.9 Å². The molecule has 0 unspecified atom stereocenters. The quantitative estimate of drug-likeness (QED) is 0.306. The summed E-state index contributed by atoms with van der Waals surface area (Å²) in [5.41, 5.74) is 3.25. The zero-order chi connectivity index (χ0) is 18.4. The molecule has 0 spiro atoms. The molecule has 2 N–H and O–H groups in total. The third-order valence-electron chi connectivity index (χ3n) is 4.25. The van der Waals surface area contributed by atoms with E-state index in [-0.39, 0.29) is 24.0 Å². The Balaban J connectivity index is 0.00000261. The van der Waals surface area contributed by atoms with E-state index in [0.29, 0.717) is 6.54 Å². The number of para-hydroxylation sites is 2. The molecule has 0 atom stereocenters. The Morgan fingerprint density at radius 2 is 1.85 bits per heavy atom. The number of imidazole rings is 1. The first kappa shape index (κ1) is 21.5. The maximum atomic E-state index is 6.21. The molecule has 0 saturated heterocycles. The molecule has 0 fully saturated rings. The Hall–Kier alpha value is -1.80. The standard InChI is InChI=1S/C20H24ClN5.HI/c1-3-22-20(23-13-12-15-8-4-5-9-16(15)21)24-14-19-25-17-10-6-7-11-18(17)26(19)2;/h4-11H,3,12-14H2,1-2H3,(H2,22,23,24);1H. The second kappa shape index (κ2) is 10.5. The van der Waals surface area contributed by atoms with E-state index >= 15 is 0 Å². The number of nitrogens with zero attached hydrogens (tertiary/aromatic N) is 3. The summed E-state index contributed by atoms with van der Waals surface area (Å²) < 4.78 is 2.09. The summed E-state index contributed by atoms with van der Waals surface area (Å²) in [5.74, 6) is 1.72. The average Bonchev–Trinajstić information content (AvgIpc) is 2.97. The van der Waals surface area contributed by atoms with Gasteiger partial charge in [0.15, 0.2) is 5.96 Å². The van der Waals surface area contributed by atoms with Crippen molar-refractivity contribution in [3.05, 3.63) is 64.9 Å². The van der Waals surface area contributed by atoms with Crippen LogP contribution in [0.15, 0.2) is 53.5 Å². The molecule has 7 heteroatoms. The first-order valence-electron chi connectivity index (χ1n) is 8.85. The maximum absolute atomic E-state index is 6.21. The average molecular weight is 498 g/mol. The molecule has 0 bridgehead atoms.